The minimum atomic E-state index is -0.418. The summed E-state index contributed by atoms with van der Waals surface area (Å²) in [5, 5.41) is 8.76. The molecule has 0 N–H and O–H groups in total. The van der Waals surface area contributed by atoms with Crippen molar-refractivity contribution in [2.45, 2.75) is 64.7 Å². The second-order valence-corrected chi connectivity index (χ2v) is 5.39. The van der Waals surface area contributed by atoms with Gasteiger partial charge in [0.25, 0.3) is 0 Å². The van der Waals surface area contributed by atoms with Gasteiger partial charge in [-0.25, -0.2) is 0 Å². The van der Waals surface area contributed by atoms with E-state index in [0.717, 1.165) is 44.8 Å². The smallest absolute Gasteiger partial charge is 0.149 e. The van der Waals surface area contributed by atoms with Crippen LogP contribution in [0.1, 0.15) is 64.7 Å². The van der Waals surface area contributed by atoms with Crippen LogP contribution in [-0.4, -0.2) is 12.1 Å². The third-order valence-corrected chi connectivity index (χ3v) is 4.17. The van der Waals surface area contributed by atoms with E-state index in [4.69, 9.17) is 5.26 Å². The van der Waals surface area contributed by atoms with Crippen LogP contribution in [-0.2, 0) is 9.59 Å². The zero-order valence-corrected chi connectivity index (χ0v) is 11.3. The Morgan fingerprint density at radius 3 is 2.83 bits per heavy atom. The van der Waals surface area contributed by atoms with Crippen LogP contribution >= 0.6 is 0 Å². The molecule has 0 bridgehead atoms. The fourth-order valence-corrected chi connectivity index (χ4v) is 3.07. The number of hydrogen-bond acceptors (Lipinski definition) is 3. The van der Waals surface area contributed by atoms with Gasteiger partial charge in [0.05, 0.1) is 12.0 Å². The molecule has 0 amide bonds. The van der Waals surface area contributed by atoms with Crippen molar-refractivity contribution >= 4 is 12.1 Å². The summed E-state index contributed by atoms with van der Waals surface area (Å²) in [5.74, 6) is -0.311. The maximum atomic E-state index is 12.4. The normalized spacial score (nSPS) is 27.8. The van der Waals surface area contributed by atoms with Crippen molar-refractivity contribution in [1.82, 2.24) is 0 Å². The first-order valence-corrected chi connectivity index (χ1v) is 7.07. The van der Waals surface area contributed by atoms with E-state index < -0.39 is 5.92 Å². The number of hydrogen-bond donors (Lipinski definition) is 0. The van der Waals surface area contributed by atoms with Crippen LogP contribution < -0.4 is 0 Å². The van der Waals surface area contributed by atoms with Gasteiger partial charge in [-0.2, -0.15) is 5.26 Å². The summed E-state index contributed by atoms with van der Waals surface area (Å²) in [6.07, 6.45) is 8.48. The Balaban J connectivity index is 2.77. The molecule has 0 spiro atoms. The molecule has 1 saturated carbocycles. The Hall–Kier alpha value is -1.17. The van der Waals surface area contributed by atoms with Crippen LogP contribution in [0.5, 0.6) is 0 Å². The van der Waals surface area contributed by atoms with Gasteiger partial charge in [0, 0.05) is 11.8 Å². The Labute approximate surface area is 110 Å². The molecule has 1 aliphatic carbocycles. The average Bonchev–Trinajstić information content (AvgIpc) is 2.39. The molecule has 2 atom stereocenters. The van der Waals surface area contributed by atoms with E-state index in [1.54, 1.807) is 0 Å². The molecule has 0 aromatic heterocycles. The summed E-state index contributed by atoms with van der Waals surface area (Å²) in [4.78, 5) is 23.4. The first-order chi connectivity index (χ1) is 8.70. The molecule has 3 heteroatoms. The van der Waals surface area contributed by atoms with Gasteiger partial charge in [-0.15, -0.1) is 0 Å². The lowest BCUT2D eigenvalue weighted by molar-refractivity contribution is -0.140. The summed E-state index contributed by atoms with van der Waals surface area (Å²) >= 11 is 0. The van der Waals surface area contributed by atoms with Crippen molar-refractivity contribution in [3.05, 3.63) is 0 Å². The second-order valence-electron chi connectivity index (χ2n) is 5.39. The number of Topliss-reactive ketones (excluding diaryl/α,β-unsaturated/α-hetero) is 1. The highest BCUT2D eigenvalue weighted by atomic mass is 16.1. The molecule has 18 heavy (non-hydrogen) atoms. The van der Waals surface area contributed by atoms with Crippen LogP contribution in [0.4, 0.5) is 0 Å². The number of nitriles is 1. The Morgan fingerprint density at radius 1 is 1.44 bits per heavy atom. The molecule has 0 aromatic rings. The highest BCUT2D eigenvalue weighted by molar-refractivity contribution is 5.97. The average molecular weight is 249 g/mol. The van der Waals surface area contributed by atoms with Gasteiger partial charge in [0.1, 0.15) is 12.1 Å². The predicted octanol–water partition coefficient (Wildman–Crippen LogP) is 3.42. The minimum Gasteiger partial charge on any atom is -0.303 e. The summed E-state index contributed by atoms with van der Waals surface area (Å²) in [5.41, 5.74) is -0.380. The van der Waals surface area contributed by atoms with Gasteiger partial charge < -0.3 is 4.79 Å². The fourth-order valence-electron chi connectivity index (χ4n) is 3.07. The van der Waals surface area contributed by atoms with Crippen LogP contribution in [0.15, 0.2) is 0 Å². The van der Waals surface area contributed by atoms with Crippen LogP contribution in [0.2, 0.25) is 0 Å². The van der Waals surface area contributed by atoms with E-state index in [9.17, 15) is 9.59 Å². The number of unbranched alkanes of at least 4 members (excludes halogenated alkanes) is 2. The van der Waals surface area contributed by atoms with Crippen molar-refractivity contribution in [2.75, 3.05) is 0 Å². The molecule has 0 heterocycles. The molecule has 0 radical (unpaired) electrons. The quantitative estimate of drug-likeness (QED) is 0.394. The number of aldehydes is 1. The van der Waals surface area contributed by atoms with Crippen molar-refractivity contribution in [2.24, 2.45) is 11.3 Å². The van der Waals surface area contributed by atoms with Gasteiger partial charge in [0.2, 0.25) is 0 Å². The van der Waals surface area contributed by atoms with Gasteiger partial charge in [-0.1, -0.05) is 32.6 Å². The van der Waals surface area contributed by atoms with Crippen molar-refractivity contribution in [3.8, 4) is 6.07 Å². The molecule has 0 saturated heterocycles. The minimum absolute atomic E-state index is 0.107. The molecular formula is C15H23NO2. The first kappa shape index (κ1) is 14.9. The van der Waals surface area contributed by atoms with E-state index >= 15 is 0 Å². The third kappa shape index (κ3) is 3.41. The number of ketones is 1. The van der Waals surface area contributed by atoms with E-state index in [1.165, 1.54) is 0 Å². The Kier molecular flexibility index (Phi) is 6.04. The predicted molar refractivity (Wildman–Crippen MR) is 69.8 cm³/mol. The molecule has 2 unspecified atom stereocenters. The first-order valence-electron chi connectivity index (χ1n) is 7.07. The van der Waals surface area contributed by atoms with Crippen LogP contribution in [0.3, 0.4) is 0 Å². The number of carbonyl (C=O) groups is 2. The van der Waals surface area contributed by atoms with E-state index in [1.807, 2.05) is 0 Å². The van der Waals surface area contributed by atoms with E-state index in [2.05, 4.69) is 13.0 Å². The van der Waals surface area contributed by atoms with Crippen molar-refractivity contribution < 1.29 is 9.59 Å². The Bertz CT molecular complexity index is 332. The van der Waals surface area contributed by atoms with Crippen molar-refractivity contribution in [1.29, 1.82) is 5.26 Å². The SMILES string of the molecule is CCCCCC1(CCC#N)CCCC(C=O)C1=O. The molecule has 1 aliphatic rings. The number of nitrogens with zero attached hydrogens (tertiary/aromatic N) is 1. The summed E-state index contributed by atoms with van der Waals surface area (Å²) < 4.78 is 0. The lowest BCUT2D eigenvalue weighted by atomic mass is 9.64. The monoisotopic (exact) mass is 249 g/mol. The number of carbonyl (C=O) groups excluding carboxylic acids is 2. The topological polar surface area (TPSA) is 57.9 Å². The summed E-state index contributed by atoms with van der Waals surface area (Å²) in [6.45, 7) is 2.14. The largest absolute Gasteiger partial charge is 0.303 e. The fraction of sp³-hybridized carbons (Fsp3) is 0.800. The molecule has 3 nitrogen and oxygen atoms in total. The molecule has 0 aliphatic heterocycles. The van der Waals surface area contributed by atoms with Crippen LogP contribution in [0.25, 0.3) is 0 Å². The van der Waals surface area contributed by atoms with Gasteiger partial charge in [-0.05, 0) is 25.7 Å². The zero-order chi connectivity index (χ0) is 13.4. The molecule has 100 valence electrons. The van der Waals surface area contributed by atoms with Crippen molar-refractivity contribution in [3.63, 3.8) is 0 Å². The van der Waals surface area contributed by atoms with Crippen LogP contribution in [0, 0.1) is 22.7 Å². The maximum Gasteiger partial charge on any atom is 0.149 e. The standard InChI is InChI=1S/C15H23NO2/c1-2-3-4-8-15(10-6-11-16)9-5-7-13(12-17)14(15)18/h12-13H,2-10H2,1H3. The van der Waals surface area contributed by atoms with E-state index in [0.29, 0.717) is 19.3 Å². The lowest BCUT2D eigenvalue weighted by Crippen LogP contribution is -2.40. The number of rotatable bonds is 7. The highest BCUT2D eigenvalue weighted by Crippen LogP contribution is 2.43. The lowest BCUT2D eigenvalue weighted by Gasteiger charge is -2.38. The summed E-state index contributed by atoms with van der Waals surface area (Å²) in [7, 11) is 0. The molecule has 1 fully saturated rings. The van der Waals surface area contributed by atoms with Gasteiger partial charge in [0.15, 0.2) is 0 Å². The molecular weight excluding hydrogens is 226 g/mol. The zero-order valence-electron chi connectivity index (χ0n) is 11.3. The Morgan fingerprint density at radius 2 is 2.22 bits per heavy atom. The third-order valence-electron chi connectivity index (χ3n) is 4.17. The second kappa shape index (κ2) is 7.31. The highest BCUT2D eigenvalue weighted by Gasteiger charge is 2.43. The maximum absolute atomic E-state index is 12.4. The summed E-state index contributed by atoms with van der Waals surface area (Å²) in [6, 6.07) is 2.14. The van der Waals surface area contributed by atoms with Gasteiger partial charge in [-0.3, -0.25) is 4.79 Å². The van der Waals surface area contributed by atoms with E-state index in [-0.39, 0.29) is 11.2 Å². The molecule has 1 rings (SSSR count). The molecule has 0 aromatic carbocycles. The van der Waals surface area contributed by atoms with Gasteiger partial charge >= 0.3 is 0 Å².